The minimum Gasteiger partial charge on any atom is -0.397 e. The van der Waals surface area contributed by atoms with Crippen LogP contribution in [0.5, 0.6) is 0 Å². The van der Waals surface area contributed by atoms with Gasteiger partial charge in [0.15, 0.2) is 0 Å². The number of nitrogen functional groups attached to an aromatic ring is 1. The highest BCUT2D eigenvalue weighted by Crippen LogP contribution is 2.05. The zero-order valence-electron chi connectivity index (χ0n) is 8.73. The first-order valence-corrected chi connectivity index (χ1v) is 4.80. The Kier molecular flexibility index (Phi) is 4.34. The lowest BCUT2D eigenvalue weighted by Crippen LogP contribution is -2.20. The van der Waals surface area contributed by atoms with Gasteiger partial charge >= 0.3 is 0 Å². The number of hydrogen-bond acceptors (Lipinski definition) is 3. The van der Waals surface area contributed by atoms with E-state index in [1.165, 1.54) is 6.92 Å². The number of carbonyl (C=O) groups excluding carboxylic acids is 1. The molecule has 4 heteroatoms. The van der Waals surface area contributed by atoms with Crippen molar-refractivity contribution in [3.05, 3.63) is 30.1 Å². The fourth-order valence-corrected chi connectivity index (χ4v) is 1.12. The summed E-state index contributed by atoms with van der Waals surface area (Å²) in [5.41, 5.74) is 7.20. The number of nitrogens with zero attached hydrogens (tertiary/aromatic N) is 1. The van der Waals surface area contributed by atoms with Crippen LogP contribution in [-0.2, 0) is 4.79 Å². The zero-order valence-corrected chi connectivity index (χ0v) is 8.73. The molecule has 0 spiro atoms. The lowest BCUT2D eigenvalue weighted by Gasteiger charge is -1.97. The van der Waals surface area contributed by atoms with Crippen LogP contribution in [0.1, 0.15) is 18.9 Å². The smallest absolute Gasteiger partial charge is 0.216 e. The van der Waals surface area contributed by atoms with Gasteiger partial charge in [0.2, 0.25) is 5.91 Å². The Bertz CT molecular complexity index is 361. The highest BCUT2D eigenvalue weighted by Gasteiger charge is 1.89. The molecule has 0 aliphatic carbocycles. The average Bonchev–Trinajstić information content (AvgIpc) is 2.17. The number of amides is 1. The van der Waals surface area contributed by atoms with Gasteiger partial charge in [-0.05, 0) is 18.1 Å². The van der Waals surface area contributed by atoms with Gasteiger partial charge < -0.3 is 11.1 Å². The first-order valence-electron chi connectivity index (χ1n) is 4.80. The van der Waals surface area contributed by atoms with E-state index in [9.17, 15) is 4.79 Å². The van der Waals surface area contributed by atoms with Crippen LogP contribution in [0.2, 0.25) is 0 Å². The van der Waals surface area contributed by atoms with Crippen molar-refractivity contribution in [2.75, 3.05) is 12.3 Å². The molecule has 0 aromatic carbocycles. The molecule has 1 amide bonds. The van der Waals surface area contributed by atoms with E-state index >= 15 is 0 Å². The molecule has 3 N–H and O–H groups in total. The maximum absolute atomic E-state index is 10.6. The monoisotopic (exact) mass is 205 g/mol. The van der Waals surface area contributed by atoms with Crippen LogP contribution in [-0.4, -0.2) is 17.4 Å². The molecule has 0 aliphatic rings. The van der Waals surface area contributed by atoms with Crippen molar-refractivity contribution in [1.29, 1.82) is 0 Å². The summed E-state index contributed by atoms with van der Waals surface area (Å²) in [5.74, 6) is -0.00553. The summed E-state index contributed by atoms with van der Waals surface area (Å²) < 4.78 is 0. The summed E-state index contributed by atoms with van der Waals surface area (Å²) in [6, 6.07) is 1.85. The van der Waals surface area contributed by atoms with Crippen LogP contribution >= 0.6 is 0 Å². The second-order valence-corrected chi connectivity index (χ2v) is 3.23. The van der Waals surface area contributed by atoms with Crippen molar-refractivity contribution >= 4 is 17.7 Å². The predicted molar refractivity (Wildman–Crippen MR) is 61.0 cm³/mol. The Hall–Kier alpha value is -1.84. The molecule has 4 nitrogen and oxygen atoms in total. The Labute approximate surface area is 89.2 Å². The number of nitrogens with one attached hydrogen (secondary N) is 1. The normalized spacial score (nSPS) is 10.5. The third kappa shape index (κ3) is 4.81. The number of rotatable bonds is 4. The first-order chi connectivity index (χ1) is 7.18. The molecule has 1 heterocycles. The molecule has 0 radical (unpaired) electrons. The van der Waals surface area contributed by atoms with Gasteiger partial charge in [0, 0.05) is 25.9 Å². The van der Waals surface area contributed by atoms with E-state index in [0.717, 1.165) is 12.0 Å². The quantitative estimate of drug-likeness (QED) is 0.726. The van der Waals surface area contributed by atoms with Gasteiger partial charge in [-0.2, -0.15) is 0 Å². The number of aromatic nitrogens is 1. The number of nitrogens with two attached hydrogens (primary N) is 1. The number of hydrogen-bond donors (Lipinski definition) is 2. The summed E-state index contributed by atoms with van der Waals surface area (Å²) in [6.07, 6.45) is 8.06. The second kappa shape index (κ2) is 5.80. The number of anilines is 1. The predicted octanol–water partition coefficient (Wildman–Crippen LogP) is 1.20. The lowest BCUT2D eigenvalue weighted by molar-refractivity contribution is -0.118. The Morgan fingerprint density at radius 2 is 2.40 bits per heavy atom. The maximum atomic E-state index is 10.6. The van der Waals surface area contributed by atoms with E-state index in [2.05, 4.69) is 10.3 Å². The van der Waals surface area contributed by atoms with Gasteiger partial charge in [0.05, 0.1) is 5.69 Å². The molecule has 0 atom stereocenters. The molecule has 1 aromatic heterocycles. The molecule has 80 valence electrons. The van der Waals surface area contributed by atoms with Crippen LogP contribution in [0.25, 0.3) is 6.08 Å². The Morgan fingerprint density at radius 1 is 1.60 bits per heavy atom. The minimum atomic E-state index is -0.00553. The molecular weight excluding hydrogens is 190 g/mol. The highest BCUT2D eigenvalue weighted by molar-refractivity contribution is 5.72. The van der Waals surface area contributed by atoms with Crippen LogP contribution in [0, 0.1) is 0 Å². The fraction of sp³-hybridized carbons (Fsp3) is 0.273. The third-order valence-corrected chi connectivity index (χ3v) is 1.78. The Balaban J connectivity index is 2.35. The van der Waals surface area contributed by atoms with Gasteiger partial charge in [-0.1, -0.05) is 12.2 Å². The second-order valence-electron chi connectivity index (χ2n) is 3.23. The maximum Gasteiger partial charge on any atom is 0.216 e. The van der Waals surface area contributed by atoms with E-state index in [4.69, 9.17) is 5.73 Å². The van der Waals surface area contributed by atoms with Gasteiger partial charge in [0.1, 0.15) is 0 Å². The molecule has 0 saturated heterocycles. The van der Waals surface area contributed by atoms with E-state index in [0.29, 0.717) is 12.2 Å². The van der Waals surface area contributed by atoms with Crippen molar-refractivity contribution in [2.45, 2.75) is 13.3 Å². The van der Waals surface area contributed by atoms with E-state index < -0.39 is 0 Å². The van der Waals surface area contributed by atoms with Crippen molar-refractivity contribution in [3.63, 3.8) is 0 Å². The van der Waals surface area contributed by atoms with E-state index in [1.807, 2.05) is 18.2 Å². The highest BCUT2D eigenvalue weighted by atomic mass is 16.1. The molecule has 0 fully saturated rings. The van der Waals surface area contributed by atoms with E-state index in [-0.39, 0.29) is 5.91 Å². The number of carbonyl (C=O) groups is 1. The van der Waals surface area contributed by atoms with Crippen molar-refractivity contribution in [1.82, 2.24) is 10.3 Å². The largest absolute Gasteiger partial charge is 0.397 e. The van der Waals surface area contributed by atoms with E-state index in [1.54, 1.807) is 12.4 Å². The molecule has 15 heavy (non-hydrogen) atoms. The topological polar surface area (TPSA) is 68.0 Å². The van der Waals surface area contributed by atoms with Gasteiger partial charge in [-0.25, -0.2) is 0 Å². The molecule has 1 aromatic rings. The standard InChI is InChI=1S/C11H15N3O/c1-9(15)14-5-3-2-4-10-6-11(12)8-13-7-10/h2,4,6-8H,3,5,12H2,1H3,(H,14,15). The molecule has 0 aliphatic heterocycles. The summed E-state index contributed by atoms with van der Waals surface area (Å²) in [6.45, 7) is 2.16. The lowest BCUT2D eigenvalue weighted by atomic mass is 10.2. The van der Waals surface area contributed by atoms with Gasteiger partial charge in [-0.15, -0.1) is 0 Å². The third-order valence-electron chi connectivity index (χ3n) is 1.78. The molecule has 0 saturated carbocycles. The average molecular weight is 205 g/mol. The molecule has 0 unspecified atom stereocenters. The van der Waals surface area contributed by atoms with Crippen molar-refractivity contribution in [2.24, 2.45) is 0 Å². The summed E-state index contributed by atoms with van der Waals surface area (Å²) in [5, 5.41) is 2.71. The summed E-state index contributed by atoms with van der Waals surface area (Å²) in [7, 11) is 0. The minimum absolute atomic E-state index is 0.00553. The Morgan fingerprint density at radius 3 is 3.07 bits per heavy atom. The first kappa shape index (κ1) is 11.2. The molecular formula is C11H15N3O. The fourth-order valence-electron chi connectivity index (χ4n) is 1.12. The zero-order chi connectivity index (χ0) is 11.1. The van der Waals surface area contributed by atoms with Crippen LogP contribution in [0.15, 0.2) is 24.5 Å². The summed E-state index contributed by atoms with van der Waals surface area (Å²) >= 11 is 0. The SMILES string of the molecule is CC(=O)NCCC=Cc1cncc(N)c1. The summed E-state index contributed by atoms with van der Waals surface area (Å²) in [4.78, 5) is 14.5. The van der Waals surface area contributed by atoms with Crippen LogP contribution < -0.4 is 11.1 Å². The van der Waals surface area contributed by atoms with Gasteiger partial charge in [-0.3, -0.25) is 9.78 Å². The van der Waals surface area contributed by atoms with Crippen LogP contribution in [0.3, 0.4) is 0 Å². The number of pyridine rings is 1. The molecule has 1 rings (SSSR count). The van der Waals surface area contributed by atoms with Crippen LogP contribution in [0.4, 0.5) is 5.69 Å². The van der Waals surface area contributed by atoms with Crippen molar-refractivity contribution < 1.29 is 4.79 Å². The van der Waals surface area contributed by atoms with Crippen molar-refractivity contribution in [3.8, 4) is 0 Å². The molecule has 0 bridgehead atoms. The van der Waals surface area contributed by atoms with Gasteiger partial charge in [0.25, 0.3) is 0 Å².